The minimum Gasteiger partial charge on any atom is -0.276 e. The van der Waals surface area contributed by atoms with Crippen LogP contribution in [0.15, 0.2) is 11.1 Å². The van der Waals surface area contributed by atoms with E-state index in [0.717, 1.165) is 31.3 Å². The van der Waals surface area contributed by atoms with Gasteiger partial charge in [0.15, 0.2) is 0 Å². The zero-order valence-corrected chi connectivity index (χ0v) is 7.58. The van der Waals surface area contributed by atoms with Crippen molar-refractivity contribution in [3.05, 3.63) is 11.1 Å². The Morgan fingerprint density at radius 3 is 2.55 bits per heavy atom. The topological polar surface area (TPSA) is 17.1 Å². The number of carbonyl (C=O) groups excluding carboxylic acids is 1. The Bertz CT molecular complexity index is 194. The molecular formula is C9H13ClO. The van der Waals surface area contributed by atoms with Gasteiger partial charge < -0.3 is 0 Å². The maximum atomic E-state index is 10.9. The molecule has 0 saturated heterocycles. The number of hydrogen-bond donors (Lipinski definition) is 0. The van der Waals surface area contributed by atoms with Crippen LogP contribution in [0.2, 0.25) is 0 Å². The first kappa shape index (κ1) is 8.79. The van der Waals surface area contributed by atoms with E-state index in [4.69, 9.17) is 11.6 Å². The second-order valence-electron chi connectivity index (χ2n) is 2.92. The van der Waals surface area contributed by atoms with Crippen LogP contribution in [0.25, 0.3) is 0 Å². The molecule has 0 aromatic rings. The largest absolute Gasteiger partial charge is 0.276 e. The number of rotatable bonds is 2. The monoisotopic (exact) mass is 172 g/mol. The third-order valence-corrected chi connectivity index (χ3v) is 2.47. The molecule has 1 rings (SSSR count). The summed E-state index contributed by atoms with van der Waals surface area (Å²) in [6, 6.07) is 0. The summed E-state index contributed by atoms with van der Waals surface area (Å²) >= 11 is 5.43. The Labute approximate surface area is 72.4 Å². The molecule has 0 heterocycles. The van der Waals surface area contributed by atoms with Crippen LogP contribution in [0, 0.1) is 0 Å². The molecule has 0 unspecified atom stereocenters. The van der Waals surface area contributed by atoms with Crippen LogP contribution < -0.4 is 0 Å². The number of halogens is 1. The van der Waals surface area contributed by atoms with Crippen LogP contribution in [0.5, 0.6) is 0 Å². The molecule has 1 aliphatic carbocycles. The molecule has 0 N–H and O–H groups in total. The molecule has 0 atom stereocenters. The van der Waals surface area contributed by atoms with Gasteiger partial charge in [0, 0.05) is 5.57 Å². The Morgan fingerprint density at radius 2 is 2.09 bits per heavy atom. The molecule has 0 spiro atoms. The minimum atomic E-state index is -0.235. The molecule has 0 saturated carbocycles. The van der Waals surface area contributed by atoms with Gasteiger partial charge in [0.05, 0.1) is 0 Å². The lowest BCUT2D eigenvalue weighted by Crippen LogP contribution is -2.04. The van der Waals surface area contributed by atoms with E-state index in [2.05, 4.69) is 6.92 Å². The number of allylic oxidation sites excluding steroid dienone is 2. The molecule has 0 aromatic carbocycles. The normalized spacial score (nSPS) is 18.7. The smallest absolute Gasteiger partial charge is 0.248 e. The molecule has 62 valence electrons. The van der Waals surface area contributed by atoms with Crippen molar-refractivity contribution in [3.63, 3.8) is 0 Å². The van der Waals surface area contributed by atoms with Crippen molar-refractivity contribution >= 4 is 16.8 Å². The van der Waals surface area contributed by atoms with Gasteiger partial charge in [-0.05, 0) is 43.7 Å². The van der Waals surface area contributed by atoms with Crippen LogP contribution in [0.4, 0.5) is 0 Å². The number of hydrogen-bond acceptors (Lipinski definition) is 1. The van der Waals surface area contributed by atoms with E-state index in [-0.39, 0.29) is 5.24 Å². The zero-order valence-electron chi connectivity index (χ0n) is 6.82. The van der Waals surface area contributed by atoms with Crippen LogP contribution in [-0.2, 0) is 4.79 Å². The summed E-state index contributed by atoms with van der Waals surface area (Å²) in [7, 11) is 0. The second-order valence-corrected chi connectivity index (χ2v) is 3.26. The molecule has 0 aromatic heterocycles. The van der Waals surface area contributed by atoms with E-state index in [1.165, 1.54) is 12.0 Å². The summed E-state index contributed by atoms with van der Waals surface area (Å²) in [6.07, 6.45) is 5.29. The van der Waals surface area contributed by atoms with E-state index in [9.17, 15) is 4.79 Å². The molecule has 1 nitrogen and oxygen atoms in total. The van der Waals surface area contributed by atoms with E-state index in [0.29, 0.717) is 0 Å². The summed E-state index contributed by atoms with van der Waals surface area (Å²) in [5, 5.41) is -0.235. The van der Waals surface area contributed by atoms with E-state index >= 15 is 0 Å². The highest BCUT2D eigenvalue weighted by atomic mass is 35.5. The third kappa shape index (κ3) is 2.06. The molecule has 1 aliphatic rings. The van der Waals surface area contributed by atoms with Gasteiger partial charge in [-0.2, -0.15) is 0 Å². The average molecular weight is 173 g/mol. The average Bonchev–Trinajstić information content (AvgIpc) is 2.04. The van der Waals surface area contributed by atoms with Gasteiger partial charge in [0.25, 0.3) is 0 Å². The molecule has 0 aliphatic heterocycles. The van der Waals surface area contributed by atoms with Gasteiger partial charge >= 0.3 is 0 Å². The van der Waals surface area contributed by atoms with Crippen molar-refractivity contribution in [3.8, 4) is 0 Å². The fourth-order valence-electron chi connectivity index (χ4n) is 1.60. The Balaban J connectivity index is 2.81. The van der Waals surface area contributed by atoms with Crippen LogP contribution in [0.1, 0.15) is 39.0 Å². The predicted octanol–water partition coefficient (Wildman–Crippen LogP) is 3.03. The SMILES string of the molecule is CCC1=C(C(=O)Cl)CCCC1. The lowest BCUT2D eigenvalue weighted by atomic mass is 9.91. The third-order valence-electron chi connectivity index (χ3n) is 2.25. The van der Waals surface area contributed by atoms with Gasteiger partial charge in [-0.15, -0.1) is 0 Å². The van der Waals surface area contributed by atoms with Crippen molar-refractivity contribution in [2.45, 2.75) is 39.0 Å². The maximum absolute atomic E-state index is 10.9. The molecule has 0 bridgehead atoms. The lowest BCUT2D eigenvalue weighted by molar-refractivity contribution is -0.108. The molecule has 11 heavy (non-hydrogen) atoms. The minimum absolute atomic E-state index is 0.235. The van der Waals surface area contributed by atoms with Gasteiger partial charge in [-0.1, -0.05) is 12.5 Å². The van der Waals surface area contributed by atoms with Crippen molar-refractivity contribution in [2.75, 3.05) is 0 Å². The lowest BCUT2D eigenvalue weighted by Gasteiger charge is -2.15. The van der Waals surface area contributed by atoms with Gasteiger partial charge in [-0.25, -0.2) is 0 Å². The van der Waals surface area contributed by atoms with E-state index < -0.39 is 0 Å². The summed E-state index contributed by atoms with van der Waals surface area (Å²) in [5.41, 5.74) is 2.16. The fraction of sp³-hybridized carbons (Fsp3) is 0.667. The summed E-state index contributed by atoms with van der Waals surface area (Å²) in [5.74, 6) is 0. The Hall–Kier alpha value is -0.300. The highest BCUT2D eigenvalue weighted by molar-refractivity contribution is 6.67. The fourth-order valence-corrected chi connectivity index (χ4v) is 1.82. The molecule has 2 heteroatoms. The van der Waals surface area contributed by atoms with Crippen LogP contribution in [-0.4, -0.2) is 5.24 Å². The molecular weight excluding hydrogens is 160 g/mol. The van der Waals surface area contributed by atoms with Crippen LogP contribution >= 0.6 is 11.6 Å². The highest BCUT2D eigenvalue weighted by Crippen LogP contribution is 2.27. The van der Waals surface area contributed by atoms with E-state index in [1.54, 1.807) is 0 Å². The Morgan fingerprint density at radius 1 is 1.45 bits per heavy atom. The quantitative estimate of drug-likeness (QED) is 0.586. The van der Waals surface area contributed by atoms with Crippen molar-refractivity contribution in [1.29, 1.82) is 0 Å². The van der Waals surface area contributed by atoms with Gasteiger partial charge in [0.2, 0.25) is 5.24 Å². The van der Waals surface area contributed by atoms with Crippen LogP contribution in [0.3, 0.4) is 0 Å². The van der Waals surface area contributed by atoms with Crippen molar-refractivity contribution < 1.29 is 4.79 Å². The predicted molar refractivity (Wildman–Crippen MR) is 46.6 cm³/mol. The second kappa shape index (κ2) is 3.91. The first-order chi connectivity index (χ1) is 5.25. The van der Waals surface area contributed by atoms with Crippen molar-refractivity contribution in [2.24, 2.45) is 0 Å². The summed E-state index contributed by atoms with van der Waals surface area (Å²) < 4.78 is 0. The number of carbonyl (C=O) groups is 1. The van der Waals surface area contributed by atoms with Crippen molar-refractivity contribution in [1.82, 2.24) is 0 Å². The molecule has 0 radical (unpaired) electrons. The Kier molecular flexibility index (Phi) is 3.13. The maximum Gasteiger partial charge on any atom is 0.248 e. The molecule has 0 amide bonds. The highest BCUT2D eigenvalue weighted by Gasteiger charge is 2.15. The zero-order chi connectivity index (χ0) is 8.27. The molecule has 0 fully saturated rings. The summed E-state index contributed by atoms with van der Waals surface area (Å²) in [4.78, 5) is 10.9. The standard InChI is InChI=1S/C9H13ClO/c1-2-7-5-3-4-6-8(7)9(10)11/h2-6H2,1H3. The van der Waals surface area contributed by atoms with E-state index in [1.807, 2.05) is 0 Å². The summed E-state index contributed by atoms with van der Waals surface area (Å²) in [6.45, 7) is 2.08. The first-order valence-electron chi connectivity index (χ1n) is 4.16. The first-order valence-corrected chi connectivity index (χ1v) is 4.54. The van der Waals surface area contributed by atoms with Gasteiger partial charge in [-0.3, -0.25) is 4.79 Å². The van der Waals surface area contributed by atoms with Gasteiger partial charge in [0.1, 0.15) is 0 Å².